The minimum Gasteiger partial charge on any atom is -0.328 e. The van der Waals surface area contributed by atoms with Crippen LogP contribution in [-0.2, 0) is 11.2 Å². The molecule has 0 atom stereocenters. The molecule has 156 valence electrons. The molecule has 0 spiro atoms. The predicted molar refractivity (Wildman–Crippen MR) is 121 cm³/mol. The largest absolute Gasteiger partial charge is 0.328 e. The van der Waals surface area contributed by atoms with Crippen molar-refractivity contribution in [2.45, 2.75) is 95.9 Å². The topological polar surface area (TPSA) is 43.1 Å². The highest BCUT2D eigenvalue weighted by Gasteiger charge is 2.30. The van der Waals surface area contributed by atoms with E-state index in [0.717, 1.165) is 17.8 Å². The Morgan fingerprint density at radius 3 is 1.96 bits per heavy atom. The molecule has 0 bridgehead atoms. The molecule has 0 aliphatic heterocycles. The lowest BCUT2D eigenvalue weighted by molar-refractivity contribution is -0.104. The van der Waals surface area contributed by atoms with Crippen LogP contribution in [0, 0.1) is 11.8 Å². The molecular weight excluding hydrogens is 342 g/mol. The number of aryl methyl sites for hydroxylation is 1. The second-order valence-corrected chi connectivity index (χ2v) is 8.86. The van der Waals surface area contributed by atoms with Crippen molar-refractivity contribution in [2.75, 3.05) is 0 Å². The van der Waals surface area contributed by atoms with E-state index in [2.05, 4.69) is 37.8 Å². The maximum absolute atomic E-state index is 9.06. The Hall–Kier alpha value is -1.41. The number of carbonyl (C=O) groups excluding carboxylic acids is 1. The molecular formula is C26H41NO. The first kappa shape index (κ1) is 22.9. The zero-order valence-corrected chi connectivity index (χ0v) is 18.0. The first-order valence-electron chi connectivity index (χ1n) is 11.6. The molecule has 2 aliphatic carbocycles. The number of aldehydes is 1. The van der Waals surface area contributed by atoms with Crippen LogP contribution in [0.25, 0.3) is 0 Å². The fourth-order valence-electron chi connectivity index (χ4n) is 5.08. The number of allylic oxidation sites excluding steroid dienone is 1. The summed E-state index contributed by atoms with van der Waals surface area (Å²) in [7, 11) is 0. The van der Waals surface area contributed by atoms with Gasteiger partial charge in [-0.15, -0.1) is 0 Å². The molecule has 2 N–H and O–H groups in total. The molecule has 3 rings (SSSR count). The second-order valence-electron chi connectivity index (χ2n) is 8.86. The van der Waals surface area contributed by atoms with Crippen LogP contribution in [0.5, 0.6) is 0 Å². The minimum atomic E-state index is 0.494. The monoisotopic (exact) mass is 383 g/mol. The van der Waals surface area contributed by atoms with E-state index in [9.17, 15) is 0 Å². The summed E-state index contributed by atoms with van der Waals surface area (Å²) in [6, 6.07) is 10.1. The molecule has 0 saturated heterocycles. The van der Waals surface area contributed by atoms with Crippen molar-refractivity contribution in [3.05, 3.63) is 48.0 Å². The molecule has 2 fully saturated rings. The van der Waals surface area contributed by atoms with E-state index < -0.39 is 0 Å². The third-order valence-electron chi connectivity index (χ3n) is 6.87. The van der Waals surface area contributed by atoms with Crippen LogP contribution >= 0.6 is 0 Å². The molecule has 0 heterocycles. The fraction of sp³-hybridized carbons (Fsp3) is 0.654. The normalized spacial score (nSPS) is 27.4. The van der Waals surface area contributed by atoms with E-state index in [-0.39, 0.29) is 0 Å². The Kier molecular flexibility index (Phi) is 10.6. The van der Waals surface area contributed by atoms with E-state index in [4.69, 9.17) is 10.5 Å². The maximum atomic E-state index is 9.06. The Morgan fingerprint density at radius 1 is 0.929 bits per heavy atom. The first-order valence-corrected chi connectivity index (χ1v) is 11.6. The standard InChI is InChI=1S/C23H37N.C3H4O/c1-2-3-4-5-18-6-8-19(9-7-18)20-10-12-21(13-11-20)22-14-16-23(24)17-15-22;1-2-3-4/h6-9,20-23H,2-5,10-17,24H2,1H3;2-3H,1H2. The number of benzene rings is 1. The van der Waals surface area contributed by atoms with Gasteiger partial charge >= 0.3 is 0 Å². The molecule has 2 heteroatoms. The van der Waals surface area contributed by atoms with E-state index >= 15 is 0 Å². The molecule has 0 aromatic heterocycles. The number of nitrogens with two attached hydrogens (primary N) is 1. The van der Waals surface area contributed by atoms with Gasteiger partial charge in [-0.3, -0.25) is 4.79 Å². The highest BCUT2D eigenvalue weighted by molar-refractivity contribution is 5.63. The zero-order valence-electron chi connectivity index (χ0n) is 18.0. The highest BCUT2D eigenvalue weighted by atomic mass is 16.1. The lowest BCUT2D eigenvalue weighted by Gasteiger charge is -2.37. The molecule has 2 nitrogen and oxygen atoms in total. The lowest BCUT2D eigenvalue weighted by atomic mass is 9.69. The first-order chi connectivity index (χ1) is 13.7. The van der Waals surface area contributed by atoms with Crippen LogP contribution in [0.3, 0.4) is 0 Å². The van der Waals surface area contributed by atoms with Crippen LogP contribution in [0.4, 0.5) is 0 Å². The summed E-state index contributed by atoms with van der Waals surface area (Å²) < 4.78 is 0. The van der Waals surface area contributed by atoms with Gasteiger partial charge in [0, 0.05) is 6.04 Å². The minimum absolute atomic E-state index is 0.494. The average molecular weight is 384 g/mol. The Bertz CT molecular complexity index is 542. The Morgan fingerprint density at radius 2 is 1.46 bits per heavy atom. The van der Waals surface area contributed by atoms with E-state index in [1.165, 1.54) is 88.7 Å². The van der Waals surface area contributed by atoms with E-state index in [1.54, 1.807) is 5.56 Å². The summed E-state index contributed by atoms with van der Waals surface area (Å²) in [6.45, 7) is 5.39. The molecule has 1 aromatic rings. The van der Waals surface area contributed by atoms with Crippen molar-refractivity contribution in [3.8, 4) is 0 Å². The molecule has 0 amide bonds. The molecule has 2 saturated carbocycles. The number of rotatable bonds is 7. The van der Waals surface area contributed by atoms with Crippen molar-refractivity contribution in [2.24, 2.45) is 17.6 Å². The van der Waals surface area contributed by atoms with Crippen LogP contribution in [-0.4, -0.2) is 12.3 Å². The SMILES string of the molecule is C=CC=O.CCCCCc1ccc(C2CCC(C3CCC(N)CC3)CC2)cc1. The van der Waals surface area contributed by atoms with Crippen LogP contribution in [0.2, 0.25) is 0 Å². The quantitative estimate of drug-likeness (QED) is 0.328. The summed E-state index contributed by atoms with van der Waals surface area (Å²) in [4.78, 5) is 9.06. The lowest BCUT2D eigenvalue weighted by Crippen LogP contribution is -2.31. The van der Waals surface area contributed by atoms with Crippen LogP contribution < -0.4 is 5.73 Å². The molecule has 2 aliphatic rings. The smallest absolute Gasteiger partial charge is 0.142 e. The molecule has 0 radical (unpaired) electrons. The third-order valence-corrected chi connectivity index (χ3v) is 6.87. The van der Waals surface area contributed by atoms with Crippen molar-refractivity contribution in [1.29, 1.82) is 0 Å². The fourth-order valence-corrected chi connectivity index (χ4v) is 5.08. The van der Waals surface area contributed by atoms with Gasteiger partial charge in [-0.25, -0.2) is 0 Å². The number of carbonyl (C=O) groups is 1. The van der Waals surface area contributed by atoms with Gasteiger partial charge < -0.3 is 5.73 Å². The van der Waals surface area contributed by atoms with Gasteiger partial charge in [-0.1, -0.05) is 50.6 Å². The summed E-state index contributed by atoms with van der Waals surface area (Å²) in [5.74, 6) is 2.78. The van der Waals surface area contributed by atoms with Crippen LogP contribution in [0.1, 0.15) is 94.6 Å². The Labute approximate surface area is 173 Å². The summed E-state index contributed by atoms with van der Waals surface area (Å²) in [5, 5.41) is 0. The van der Waals surface area contributed by atoms with Crippen molar-refractivity contribution < 1.29 is 4.79 Å². The van der Waals surface area contributed by atoms with Gasteiger partial charge in [-0.05, 0) is 99.2 Å². The van der Waals surface area contributed by atoms with E-state index in [0.29, 0.717) is 12.3 Å². The van der Waals surface area contributed by atoms with Crippen LogP contribution in [0.15, 0.2) is 36.9 Å². The second kappa shape index (κ2) is 12.9. The van der Waals surface area contributed by atoms with Gasteiger partial charge in [0.2, 0.25) is 0 Å². The average Bonchev–Trinajstić information content (AvgIpc) is 2.75. The van der Waals surface area contributed by atoms with E-state index in [1.807, 2.05) is 0 Å². The van der Waals surface area contributed by atoms with Gasteiger partial charge in [0.1, 0.15) is 6.29 Å². The van der Waals surface area contributed by atoms with Gasteiger partial charge in [0.15, 0.2) is 0 Å². The predicted octanol–water partition coefficient (Wildman–Crippen LogP) is 6.58. The molecule has 28 heavy (non-hydrogen) atoms. The zero-order chi connectivity index (χ0) is 20.2. The van der Waals surface area contributed by atoms with Gasteiger partial charge in [0.25, 0.3) is 0 Å². The van der Waals surface area contributed by atoms with Gasteiger partial charge in [0.05, 0.1) is 0 Å². The number of unbranched alkanes of at least 4 members (excludes halogenated alkanes) is 2. The van der Waals surface area contributed by atoms with Crippen molar-refractivity contribution in [3.63, 3.8) is 0 Å². The number of hydrogen-bond acceptors (Lipinski definition) is 2. The molecule has 1 aromatic carbocycles. The van der Waals surface area contributed by atoms with Crippen molar-refractivity contribution >= 4 is 6.29 Å². The summed E-state index contributed by atoms with van der Waals surface area (Å²) >= 11 is 0. The van der Waals surface area contributed by atoms with Crippen molar-refractivity contribution in [1.82, 2.24) is 0 Å². The maximum Gasteiger partial charge on any atom is 0.142 e. The summed E-state index contributed by atoms with van der Waals surface area (Å²) in [5.41, 5.74) is 9.20. The highest BCUT2D eigenvalue weighted by Crippen LogP contribution is 2.42. The third kappa shape index (κ3) is 7.54. The summed E-state index contributed by atoms with van der Waals surface area (Å²) in [6.07, 6.45) is 18.1. The van der Waals surface area contributed by atoms with Gasteiger partial charge in [-0.2, -0.15) is 0 Å². The number of hydrogen-bond donors (Lipinski definition) is 1. The Balaban J connectivity index is 0.000000640. The molecule has 0 unspecified atom stereocenters.